The van der Waals surface area contributed by atoms with Crippen LogP contribution in [0.1, 0.15) is 15.9 Å². The fraction of sp³-hybridized carbons (Fsp3) is 0.0800. The van der Waals surface area contributed by atoms with Crippen LogP contribution < -0.4 is 14.8 Å². The Labute approximate surface area is 184 Å². The number of halogens is 1. The number of amides is 1. The molecule has 0 unspecified atom stereocenters. The number of nitrogens with one attached hydrogen (secondary N) is 1. The molecule has 1 aromatic heterocycles. The first-order chi connectivity index (χ1) is 15.6. The highest BCUT2D eigenvalue weighted by Gasteiger charge is 2.10. The molecular formula is C25H20FN3O3. The van der Waals surface area contributed by atoms with E-state index in [9.17, 15) is 9.18 Å². The summed E-state index contributed by atoms with van der Waals surface area (Å²) in [4.78, 5) is 20.9. The summed E-state index contributed by atoms with van der Waals surface area (Å²) in [5, 5.41) is 2.82. The van der Waals surface area contributed by atoms with E-state index in [1.807, 2.05) is 24.3 Å². The molecule has 4 aromatic rings. The molecule has 160 valence electrons. The van der Waals surface area contributed by atoms with Gasteiger partial charge in [-0.3, -0.25) is 4.79 Å². The summed E-state index contributed by atoms with van der Waals surface area (Å²) in [6, 6.07) is 22.1. The van der Waals surface area contributed by atoms with Crippen LogP contribution in [-0.2, 0) is 6.54 Å². The molecule has 0 bridgehead atoms. The van der Waals surface area contributed by atoms with Gasteiger partial charge in [-0.1, -0.05) is 36.4 Å². The number of nitrogens with zero attached hydrogens (tertiary/aromatic N) is 2. The van der Waals surface area contributed by atoms with Gasteiger partial charge in [-0.2, -0.15) is 0 Å². The SMILES string of the molecule is COc1ccccc1Oc1cc(-c2ccc(C(=O)NCc3ccc(F)cc3)cc2)ncn1. The van der Waals surface area contributed by atoms with Gasteiger partial charge in [0.05, 0.1) is 12.8 Å². The van der Waals surface area contributed by atoms with Crippen LogP contribution in [0.15, 0.2) is 85.2 Å². The largest absolute Gasteiger partial charge is 0.493 e. The number of ether oxygens (including phenoxy) is 2. The molecule has 0 aliphatic carbocycles. The summed E-state index contributed by atoms with van der Waals surface area (Å²) in [5.74, 6) is 0.998. The van der Waals surface area contributed by atoms with Crippen molar-refractivity contribution in [3.8, 4) is 28.6 Å². The lowest BCUT2D eigenvalue weighted by atomic mass is 10.1. The molecule has 0 radical (unpaired) electrons. The van der Waals surface area contributed by atoms with Crippen molar-refractivity contribution in [3.05, 3.63) is 102 Å². The summed E-state index contributed by atoms with van der Waals surface area (Å²) < 4.78 is 24.1. The highest BCUT2D eigenvalue weighted by molar-refractivity contribution is 5.94. The topological polar surface area (TPSA) is 73.3 Å². The Kier molecular flexibility index (Phi) is 6.36. The van der Waals surface area contributed by atoms with E-state index in [4.69, 9.17) is 9.47 Å². The van der Waals surface area contributed by atoms with E-state index >= 15 is 0 Å². The second kappa shape index (κ2) is 9.70. The van der Waals surface area contributed by atoms with Crippen LogP contribution in [0.2, 0.25) is 0 Å². The molecular weight excluding hydrogens is 409 g/mol. The molecule has 0 spiro atoms. The number of benzene rings is 3. The molecule has 0 saturated carbocycles. The number of carbonyl (C=O) groups excluding carboxylic acids is 1. The normalized spacial score (nSPS) is 10.4. The average Bonchev–Trinajstić information content (AvgIpc) is 2.84. The van der Waals surface area contributed by atoms with E-state index in [-0.39, 0.29) is 11.7 Å². The quantitative estimate of drug-likeness (QED) is 0.447. The second-order valence-electron chi connectivity index (χ2n) is 6.88. The maximum Gasteiger partial charge on any atom is 0.251 e. The van der Waals surface area contributed by atoms with Gasteiger partial charge in [0.15, 0.2) is 11.5 Å². The van der Waals surface area contributed by atoms with Gasteiger partial charge in [0.2, 0.25) is 5.88 Å². The monoisotopic (exact) mass is 429 g/mol. The Morgan fingerprint density at radius 3 is 2.38 bits per heavy atom. The lowest BCUT2D eigenvalue weighted by Gasteiger charge is -2.10. The van der Waals surface area contributed by atoms with E-state index < -0.39 is 0 Å². The van der Waals surface area contributed by atoms with E-state index in [2.05, 4.69) is 15.3 Å². The van der Waals surface area contributed by atoms with Gasteiger partial charge in [-0.05, 0) is 42.0 Å². The smallest absolute Gasteiger partial charge is 0.251 e. The minimum atomic E-state index is -0.308. The predicted molar refractivity (Wildman–Crippen MR) is 118 cm³/mol. The minimum absolute atomic E-state index is 0.219. The predicted octanol–water partition coefficient (Wildman–Crippen LogP) is 5.01. The molecule has 7 heteroatoms. The number of carbonyl (C=O) groups is 1. The number of hydrogen-bond acceptors (Lipinski definition) is 5. The summed E-state index contributed by atoms with van der Waals surface area (Å²) in [7, 11) is 1.57. The van der Waals surface area contributed by atoms with Gasteiger partial charge >= 0.3 is 0 Å². The van der Waals surface area contributed by atoms with Crippen LogP contribution in [0.3, 0.4) is 0 Å². The van der Waals surface area contributed by atoms with Gasteiger partial charge < -0.3 is 14.8 Å². The van der Waals surface area contributed by atoms with E-state index in [0.717, 1.165) is 11.1 Å². The Balaban J connectivity index is 1.44. The standard InChI is InChI=1S/C25H20FN3O3/c1-31-22-4-2-3-5-23(22)32-24-14-21(28-16-29-24)18-8-10-19(11-9-18)25(30)27-15-17-6-12-20(26)13-7-17/h2-14,16H,15H2,1H3,(H,27,30). The fourth-order valence-electron chi connectivity index (χ4n) is 3.05. The van der Waals surface area contributed by atoms with Crippen molar-refractivity contribution in [2.45, 2.75) is 6.54 Å². The molecule has 0 atom stereocenters. The van der Waals surface area contributed by atoms with Crippen molar-refractivity contribution in [3.63, 3.8) is 0 Å². The molecule has 6 nitrogen and oxygen atoms in total. The van der Waals surface area contributed by atoms with Crippen molar-refractivity contribution >= 4 is 5.91 Å². The molecule has 1 amide bonds. The number of aromatic nitrogens is 2. The van der Waals surface area contributed by atoms with Crippen LogP contribution in [0, 0.1) is 5.82 Å². The third-order valence-corrected chi connectivity index (χ3v) is 4.73. The van der Waals surface area contributed by atoms with Crippen molar-refractivity contribution in [2.75, 3.05) is 7.11 Å². The summed E-state index contributed by atoms with van der Waals surface area (Å²) >= 11 is 0. The van der Waals surface area contributed by atoms with Gasteiger partial charge in [0, 0.05) is 23.7 Å². The highest BCUT2D eigenvalue weighted by Crippen LogP contribution is 2.31. The molecule has 0 aliphatic rings. The molecule has 32 heavy (non-hydrogen) atoms. The zero-order chi connectivity index (χ0) is 22.3. The maximum atomic E-state index is 13.0. The van der Waals surface area contributed by atoms with Crippen LogP contribution in [0.25, 0.3) is 11.3 Å². The van der Waals surface area contributed by atoms with E-state index in [1.54, 1.807) is 49.6 Å². The Morgan fingerprint density at radius 2 is 1.66 bits per heavy atom. The van der Waals surface area contributed by atoms with Crippen LogP contribution >= 0.6 is 0 Å². The summed E-state index contributed by atoms with van der Waals surface area (Å²) in [6.07, 6.45) is 1.42. The number of rotatable bonds is 7. The minimum Gasteiger partial charge on any atom is -0.493 e. The van der Waals surface area contributed by atoms with Crippen molar-refractivity contribution in [1.82, 2.24) is 15.3 Å². The van der Waals surface area contributed by atoms with Gasteiger partial charge in [-0.25, -0.2) is 14.4 Å². The number of methoxy groups -OCH3 is 1. The van der Waals surface area contributed by atoms with Gasteiger partial charge in [0.25, 0.3) is 5.91 Å². The van der Waals surface area contributed by atoms with Crippen molar-refractivity contribution in [1.29, 1.82) is 0 Å². The molecule has 0 saturated heterocycles. The van der Waals surface area contributed by atoms with Crippen molar-refractivity contribution in [2.24, 2.45) is 0 Å². The third kappa shape index (κ3) is 5.07. The Bertz CT molecular complexity index is 1210. The highest BCUT2D eigenvalue weighted by atomic mass is 19.1. The average molecular weight is 429 g/mol. The van der Waals surface area contributed by atoms with Crippen LogP contribution in [0.5, 0.6) is 17.4 Å². The van der Waals surface area contributed by atoms with Gasteiger partial charge in [-0.15, -0.1) is 0 Å². The summed E-state index contributed by atoms with van der Waals surface area (Å²) in [5.41, 5.74) is 2.80. The Morgan fingerprint density at radius 1 is 0.938 bits per heavy atom. The number of para-hydroxylation sites is 2. The first-order valence-corrected chi connectivity index (χ1v) is 9.88. The molecule has 3 aromatic carbocycles. The lowest BCUT2D eigenvalue weighted by Crippen LogP contribution is -2.22. The zero-order valence-electron chi connectivity index (χ0n) is 17.3. The molecule has 0 fully saturated rings. The molecule has 1 heterocycles. The number of hydrogen-bond donors (Lipinski definition) is 1. The zero-order valence-corrected chi connectivity index (χ0v) is 17.3. The first-order valence-electron chi connectivity index (χ1n) is 9.88. The lowest BCUT2D eigenvalue weighted by molar-refractivity contribution is 0.0951. The maximum absolute atomic E-state index is 13.0. The first kappa shape index (κ1) is 21.0. The van der Waals surface area contributed by atoms with Crippen molar-refractivity contribution < 1.29 is 18.7 Å². The van der Waals surface area contributed by atoms with Crippen LogP contribution in [-0.4, -0.2) is 23.0 Å². The van der Waals surface area contributed by atoms with E-state index in [0.29, 0.717) is 35.2 Å². The fourth-order valence-corrected chi connectivity index (χ4v) is 3.05. The summed E-state index contributed by atoms with van der Waals surface area (Å²) in [6.45, 7) is 0.316. The third-order valence-electron chi connectivity index (χ3n) is 4.73. The Hall–Kier alpha value is -4.26. The second-order valence-corrected chi connectivity index (χ2v) is 6.88. The van der Waals surface area contributed by atoms with E-state index in [1.165, 1.54) is 18.5 Å². The molecule has 0 aliphatic heterocycles. The molecule has 4 rings (SSSR count). The molecule has 1 N–H and O–H groups in total. The van der Waals surface area contributed by atoms with Crippen LogP contribution in [0.4, 0.5) is 4.39 Å². The van der Waals surface area contributed by atoms with Gasteiger partial charge in [0.1, 0.15) is 12.1 Å².